The van der Waals surface area contributed by atoms with Crippen LogP contribution >= 0.6 is 0 Å². The maximum Gasteiger partial charge on any atom is -0.00843 e. The predicted octanol–water partition coefficient (Wildman–Crippen LogP) is 5.83. The van der Waals surface area contributed by atoms with Crippen molar-refractivity contribution in [2.24, 2.45) is 21.7 Å². The lowest BCUT2D eigenvalue weighted by molar-refractivity contribution is 0.0853. The van der Waals surface area contributed by atoms with Gasteiger partial charge in [-0.1, -0.05) is 60.1 Å². The van der Waals surface area contributed by atoms with E-state index >= 15 is 0 Å². The zero-order valence-electron chi connectivity index (χ0n) is 13.5. The van der Waals surface area contributed by atoms with Crippen LogP contribution < -0.4 is 0 Å². The summed E-state index contributed by atoms with van der Waals surface area (Å²) in [7, 11) is 0. The molecule has 0 aromatic rings. The average Bonchev–Trinajstić information content (AvgIpc) is 2.45. The second-order valence-corrected chi connectivity index (χ2v) is 8.69. The normalized spacial score (nSPS) is 33.5. The number of hydrogen-bond donors (Lipinski definition) is 0. The Hall–Kier alpha value is -0.260. The molecule has 0 heterocycles. The molecule has 0 spiro atoms. The Kier molecular flexibility index (Phi) is 3.37. The van der Waals surface area contributed by atoms with Crippen molar-refractivity contribution in [1.29, 1.82) is 0 Å². The molecule has 0 aliphatic heterocycles. The molecule has 2 atom stereocenters. The van der Waals surface area contributed by atoms with Crippen LogP contribution in [0.4, 0.5) is 0 Å². The highest BCUT2D eigenvalue weighted by molar-refractivity contribution is 5.22. The monoisotopic (exact) mass is 236 g/mol. The Labute approximate surface area is 109 Å². The van der Waals surface area contributed by atoms with Crippen molar-refractivity contribution in [2.45, 2.75) is 75.2 Å². The summed E-state index contributed by atoms with van der Waals surface area (Å²) in [6.45, 7) is 21.3. The minimum Gasteiger partial charge on any atom is -0.0799 e. The first-order valence-corrected chi connectivity index (χ1v) is 6.99. The molecule has 0 aromatic heterocycles. The van der Waals surface area contributed by atoms with E-state index in [1.54, 1.807) is 0 Å². The van der Waals surface area contributed by atoms with Gasteiger partial charge in [-0.15, -0.1) is 0 Å². The van der Waals surface area contributed by atoms with Gasteiger partial charge in [0.05, 0.1) is 0 Å². The van der Waals surface area contributed by atoms with E-state index in [9.17, 15) is 0 Å². The van der Waals surface area contributed by atoms with Crippen molar-refractivity contribution in [3.63, 3.8) is 0 Å². The minimum atomic E-state index is 0.379. The van der Waals surface area contributed by atoms with Gasteiger partial charge >= 0.3 is 0 Å². The molecule has 0 saturated heterocycles. The van der Waals surface area contributed by atoms with E-state index in [2.05, 4.69) is 68.4 Å². The van der Waals surface area contributed by atoms with E-state index in [1.807, 2.05) is 0 Å². The van der Waals surface area contributed by atoms with Crippen molar-refractivity contribution in [3.8, 4) is 0 Å². The van der Waals surface area contributed by atoms with Gasteiger partial charge in [-0.3, -0.25) is 0 Å². The lowest BCUT2D eigenvalue weighted by atomic mass is 9.63. The van der Waals surface area contributed by atoms with Gasteiger partial charge in [0, 0.05) is 0 Å². The second-order valence-electron chi connectivity index (χ2n) is 8.69. The molecule has 0 N–H and O–H groups in total. The summed E-state index contributed by atoms with van der Waals surface area (Å²) in [4.78, 5) is 0. The first-order chi connectivity index (χ1) is 7.33. The van der Waals surface area contributed by atoms with Gasteiger partial charge in [-0.25, -0.2) is 0 Å². The van der Waals surface area contributed by atoms with Crippen LogP contribution in [0.15, 0.2) is 11.6 Å². The number of allylic oxidation sites excluding steroid dienone is 2. The molecule has 0 nitrogen and oxygen atoms in total. The smallest absolute Gasteiger partial charge is 0.00843 e. The Bertz CT molecular complexity index is 322. The quantitative estimate of drug-likeness (QED) is 0.541. The maximum atomic E-state index is 2.49. The predicted molar refractivity (Wildman–Crippen MR) is 78.1 cm³/mol. The van der Waals surface area contributed by atoms with Crippen LogP contribution in [-0.4, -0.2) is 0 Å². The van der Waals surface area contributed by atoms with Crippen LogP contribution in [0.5, 0.6) is 0 Å². The zero-order valence-corrected chi connectivity index (χ0v) is 13.5. The van der Waals surface area contributed by atoms with E-state index < -0.39 is 0 Å². The highest BCUT2D eigenvalue weighted by Crippen LogP contribution is 2.70. The molecule has 0 heteroatoms. The third-order valence-electron chi connectivity index (χ3n) is 5.48. The standard InChI is InChI=1S/C17H32/c1-13(2)10-16(8)12-17(16,9)11-15(6,7)14(3,4)5/h10H,11-12H2,1-9H3. The van der Waals surface area contributed by atoms with E-state index in [1.165, 1.54) is 18.4 Å². The summed E-state index contributed by atoms with van der Waals surface area (Å²) < 4.78 is 0. The van der Waals surface area contributed by atoms with Gasteiger partial charge in [0.25, 0.3) is 0 Å². The van der Waals surface area contributed by atoms with E-state index in [4.69, 9.17) is 0 Å². The lowest BCUT2D eigenvalue weighted by Gasteiger charge is -2.42. The molecular weight excluding hydrogens is 204 g/mol. The Morgan fingerprint density at radius 1 is 1.06 bits per heavy atom. The third-order valence-corrected chi connectivity index (χ3v) is 5.48. The third kappa shape index (κ3) is 2.77. The first-order valence-electron chi connectivity index (χ1n) is 6.99. The van der Waals surface area contributed by atoms with Crippen molar-refractivity contribution in [1.82, 2.24) is 0 Å². The Balaban J connectivity index is 2.83. The highest BCUT2D eigenvalue weighted by atomic mass is 14.6. The Morgan fingerprint density at radius 3 is 1.88 bits per heavy atom. The van der Waals surface area contributed by atoms with Crippen molar-refractivity contribution < 1.29 is 0 Å². The molecule has 2 unspecified atom stereocenters. The summed E-state index contributed by atoms with van der Waals surface area (Å²) in [5.41, 5.74) is 3.18. The number of hydrogen-bond acceptors (Lipinski definition) is 0. The second kappa shape index (κ2) is 3.87. The van der Waals surface area contributed by atoms with Crippen LogP contribution in [0.2, 0.25) is 0 Å². The molecule has 1 fully saturated rings. The number of rotatable bonds is 3. The SMILES string of the molecule is CC(C)=CC1(C)CC1(C)CC(C)(C)C(C)(C)C. The summed E-state index contributed by atoms with van der Waals surface area (Å²) in [5, 5.41) is 0. The molecule has 17 heavy (non-hydrogen) atoms. The maximum absolute atomic E-state index is 2.49. The van der Waals surface area contributed by atoms with Gasteiger partial charge in [-0.05, 0) is 48.3 Å². The molecule has 1 saturated carbocycles. The zero-order chi connectivity index (χ0) is 13.7. The van der Waals surface area contributed by atoms with Crippen LogP contribution in [0.1, 0.15) is 75.2 Å². The molecule has 0 radical (unpaired) electrons. The Morgan fingerprint density at radius 2 is 1.53 bits per heavy atom. The van der Waals surface area contributed by atoms with Crippen LogP contribution in [0.25, 0.3) is 0 Å². The van der Waals surface area contributed by atoms with Gasteiger partial charge < -0.3 is 0 Å². The minimum absolute atomic E-state index is 0.379. The molecule has 0 amide bonds. The van der Waals surface area contributed by atoms with Crippen molar-refractivity contribution in [2.75, 3.05) is 0 Å². The molecule has 1 aliphatic carbocycles. The lowest BCUT2D eigenvalue weighted by Crippen LogP contribution is -2.32. The van der Waals surface area contributed by atoms with E-state index in [0.717, 1.165) is 0 Å². The van der Waals surface area contributed by atoms with Gasteiger partial charge in [0.1, 0.15) is 0 Å². The van der Waals surface area contributed by atoms with Crippen LogP contribution in [0.3, 0.4) is 0 Å². The molecule has 0 aromatic carbocycles. The first kappa shape index (κ1) is 14.8. The molecule has 100 valence electrons. The van der Waals surface area contributed by atoms with E-state index in [0.29, 0.717) is 21.7 Å². The fourth-order valence-corrected chi connectivity index (χ4v) is 3.13. The van der Waals surface area contributed by atoms with Gasteiger partial charge in [0.2, 0.25) is 0 Å². The van der Waals surface area contributed by atoms with Crippen molar-refractivity contribution in [3.05, 3.63) is 11.6 Å². The van der Waals surface area contributed by atoms with Gasteiger partial charge in [-0.2, -0.15) is 0 Å². The van der Waals surface area contributed by atoms with Crippen LogP contribution in [-0.2, 0) is 0 Å². The fourth-order valence-electron chi connectivity index (χ4n) is 3.13. The van der Waals surface area contributed by atoms with Crippen molar-refractivity contribution >= 4 is 0 Å². The molecular formula is C17H32. The fraction of sp³-hybridized carbons (Fsp3) is 0.882. The van der Waals surface area contributed by atoms with Crippen LogP contribution in [0, 0.1) is 21.7 Å². The average molecular weight is 236 g/mol. The molecule has 0 bridgehead atoms. The summed E-state index contributed by atoms with van der Waals surface area (Å²) >= 11 is 0. The van der Waals surface area contributed by atoms with Gasteiger partial charge in [0.15, 0.2) is 0 Å². The molecule has 1 rings (SSSR count). The topological polar surface area (TPSA) is 0 Å². The summed E-state index contributed by atoms with van der Waals surface area (Å²) in [6, 6.07) is 0. The summed E-state index contributed by atoms with van der Waals surface area (Å²) in [5.74, 6) is 0. The van der Waals surface area contributed by atoms with E-state index in [-0.39, 0.29) is 0 Å². The molecule has 1 aliphatic rings. The largest absolute Gasteiger partial charge is 0.0799 e. The summed E-state index contributed by atoms with van der Waals surface area (Å²) in [6.07, 6.45) is 5.17. The highest BCUT2D eigenvalue weighted by Gasteiger charge is 2.61.